The lowest BCUT2D eigenvalue weighted by Gasteiger charge is -2.04. The first-order chi connectivity index (χ1) is 15.3. The van der Waals surface area contributed by atoms with Gasteiger partial charge in [0, 0.05) is 28.9 Å². The summed E-state index contributed by atoms with van der Waals surface area (Å²) in [5, 5.41) is 6.47. The van der Waals surface area contributed by atoms with Gasteiger partial charge in [-0.1, -0.05) is 30.3 Å². The SMILES string of the molecule is O=C(NCc1nc(-c2ccncc2)cs1)c1sc(-c2ccco2)nc1-c1ccccc1. The zero-order chi connectivity index (χ0) is 21.0. The zero-order valence-corrected chi connectivity index (χ0v) is 17.8. The molecule has 0 unspecified atom stereocenters. The number of thiazole rings is 2. The van der Waals surface area contributed by atoms with Gasteiger partial charge in [0.1, 0.15) is 9.88 Å². The fourth-order valence-electron chi connectivity index (χ4n) is 3.05. The van der Waals surface area contributed by atoms with Gasteiger partial charge in [0.25, 0.3) is 5.91 Å². The standard InChI is InChI=1S/C23H16N4O2S2/c28-22(25-13-19-26-17(14-30-19)15-8-10-24-11-9-15)21-20(16-5-2-1-3-6-16)27-23(31-21)18-7-4-12-29-18/h1-12,14H,13H2,(H,25,28). The molecule has 0 fully saturated rings. The van der Waals surface area contributed by atoms with Crippen LogP contribution in [0, 0.1) is 0 Å². The Morgan fingerprint density at radius 2 is 1.81 bits per heavy atom. The Morgan fingerprint density at radius 3 is 2.58 bits per heavy atom. The molecule has 0 saturated heterocycles. The van der Waals surface area contributed by atoms with Crippen LogP contribution in [0.2, 0.25) is 0 Å². The van der Waals surface area contributed by atoms with E-state index in [9.17, 15) is 4.79 Å². The molecule has 1 N–H and O–H groups in total. The highest BCUT2D eigenvalue weighted by atomic mass is 32.1. The number of hydrogen-bond acceptors (Lipinski definition) is 7. The smallest absolute Gasteiger partial charge is 0.264 e. The first kappa shape index (κ1) is 19.3. The minimum absolute atomic E-state index is 0.185. The summed E-state index contributed by atoms with van der Waals surface area (Å²) in [6.07, 6.45) is 5.07. The number of carbonyl (C=O) groups is 1. The van der Waals surface area contributed by atoms with E-state index in [1.165, 1.54) is 22.7 Å². The van der Waals surface area contributed by atoms with Crippen molar-refractivity contribution in [1.82, 2.24) is 20.3 Å². The largest absolute Gasteiger partial charge is 0.462 e. The molecule has 31 heavy (non-hydrogen) atoms. The van der Waals surface area contributed by atoms with Crippen LogP contribution < -0.4 is 5.32 Å². The maximum absolute atomic E-state index is 13.1. The minimum Gasteiger partial charge on any atom is -0.462 e. The average Bonchev–Trinajstić information content (AvgIpc) is 3.59. The molecule has 6 nitrogen and oxygen atoms in total. The summed E-state index contributed by atoms with van der Waals surface area (Å²) in [7, 11) is 0. The topological polar surface area (TPSA) is 80.9 Å². The Labute approximate surface area is 186 Å². The van der Waals surface area contributed by atoms with Gasteiger partial charge in [-0.15, -0.1) is 22.7 Å². The molecule has 0 radical (unpaired) electrons. The Balaban J connectivity index is 1.38. The van der Waals surface area contributed by atoms with E-state index in [1.807, 2.05) is 60.0 Å². The number of amides is 1. The van der Waals surface area contributed by atoms with Crippen molar-refractivity contribution in [3.8, 4) is 33.3 Å². The molecule has 152 valence electrons. The van der Waals surface area contributed by atoms with Crippen molar-refractivity contribution >= 4 is 28.6 Å². The normalized spacial score (nSPS) is 10.8. The number of benzene rings is 1. The highest BCUT2D eigenvalue weighted by Gasteiger charge is 2.21. The monoisotopic (exact) mass is 444 g/mol. The molecule has 0 spiro atoms. The van der Waals surface area contributed by atoms with E-state index in [0.29, 0.717) is 27.9 Å². The lowest BCUT2D eigenvalue weighted by molar-refractivity contribution is 0.0955. The second-order valence-electron chi connectivity index (χ2n) is 6.59. The van der Waals surface area contributed by atoms with Crippen LogP contribution in [0.25, 0.3) is 33.3 Å². The molecular weight excluding hydrogens is 428 g/mol. The number of pyridine rings is 1. The molecule has 5 aromatic rings. The average molecular weight is 445 g/mol. The first-order valence-corrected chi connectivity index (χ1v) is 11.2. The lowest BCUT2D eigenvalue weighted by Crippen LogP contribution is -2.22. The fraction of sp³-hybridized carbons (Fsp3) is 0.0435. The molecule has 0 aliphatic heterocycles. The van der Waals surface area contributed by atoms with Crippen LogP contribution in [-0.2, 0) is 6.54 Å². The zero-order valence-electron chi connectivity index (χ0n) is 16.2. The van der Waals surface area contributed by atoms with Gasteiger partial charge in [0.05, 0.1) is 24.2 Å². The summed E-state index contributed by atoms with van der Waals surface area (Å²) in [6, 6.07) is 17.2. The summed E-state index contributed by atoms with van der Waals surface area (Å²) in [5.74, 6) is 0.456. The van der Waals surface area contributed by atoms with Crippen LogP contribution in [0.1, 0.15) is 14.7 Å². The van der Waals surface area contributed by atoms with E-state index in [0.717, 1.165) is 21.8 Å². The molecule has 0 aliphatic rings. The number of carbonyl (C=O) groups excluding carboxylic acids is 1. The molecule has 0 atom stereocenters. The second-order valence-corrected chi connectivity index (χ2v) is 8.53. The second kappa shape index (κ2) is 8.63. The van der Waals surface area contributed by atoms with E-state index in [4.69, 9.17) is 4.42 Å². The number of rotatable bonds is 6. The maximum Gasteiger partial charge on any atom is 0.264 e. The predicted octanol–water partition coefficient (Wildman–Crippen LogP) is 5.52. The van der Waals surface area contributed by atoms with Gasteiger partial charge in [-0.25, -0.2) is 9.97 Å². The van der Waals surface area contributed by atoms with Crippen LogP contribution >= 0.6 is 22.7 Å². The van der Waals surface area contributed by atoms with E-state index in [1.54, 1.807) is 18.7 Å². The Bertz CT molecular complexity index is 1300. The number of furan rings is 1. The number of nitrogens with zero attached hydrogens (tertiary/aromatic N) is 3. The van der Waals surface area contributed by atoms with Gasteiger partial charge in [0.15, 0.2) is 10.8 Å². The number of aromatic nitrogens is 3. The summed E-state index contributed by atoms with van der Waals surface area (Å²) in [5.41, 5.74) is 3.40. The van der Waals surface area contributed by atoms with Crippen LogP contribution in [0.15, 0.2) is 83.1 Å². The molecule has 0 saturated carbocycles. The number of nitrogens with one attached hydrogen (secondary N) is 1. The van der Waals surface area contributed by atoms with Crippen LogP contribution in [-0.4, -0.2) is 20.9 Å². The Kier molecular flexibility index (Phi) is 5.39. The van der Waals surface area contributed by atoms with Gasteiger partial charge in [-0.2, -0.15) is 0 Å². The summed E-state index contributed by atoms with van der Waals surface area (Å²) < 4.78 is 5.48. The van der Waals surface area contributed by atoms with Crippen molar-refractivity contribution in [3.05, 3.63) is 88.5 Å². The van der Waals surface area contributed by atoms with Crippen molar-refractivity contribution in [2.75, 3.05) is 0 Å². The summed E-state index contributed by atoms with van der Waals surface area (Å²) in [4.78, 5) is 27.0. The van der Waals surface area contributed by atoms with Crippen LogP contribution in [0.3, 0.4) is 0 Å². The third-order valence-corrected chi connectivity index (χ3v) is 6.46. The van der Waals surface area contributed by atoms with Gasteiger partial charge in [-0.3, -0.25) is 9.78 Å². The van der Waals surface area contributed by atoms with Crippen LogP contribution in [0.5, 0.6) is 0 Å². The van der Waals surface area contributed by atoms with Crippen molar-refractivity contribution in [2.45, 2.75) is 6.54 Å². The predicted molar refractivity (Wildman–Crippen MR) is 122 cm³/mol. The fourth-order valence-corrected chi connectivity index (χ4v) is 4.77. The maximum atomic E-state index is 13.1. The van der Waals surface area contributed by atoms with Crippen LogP contribution in [0.4, 0.5) is 0 Å². The molecule has 1 aromatic carbocycles. The van der Waals surface area contributed by atoms with Gasteiger partial charge < -0.3 is 9.73 Å². The first-order valence-electron chi connectivity index (χ1n) is 9.51. The molecule has 1 amide bonds. The molecule has 0 bridgehead atoms. The summed E-state index contributed by atoms with van der Waals surface area (Å²) >= 11 is 2.83. The Morgan fingerprint density at radius 1 is 0.968 bits per heavy atom. The molecule has 4 heterocycles. The third kappa shape index (κ3) is 4.16. The van der Waals surface area contributed by atoms with Crippen molar-refractivity contribution < 1.29 is 9.21 Å². The number of hydrogen-bond donors (Lipinski definition) is 1. The highest BCUT2D eigenvalue weighted by molar-refractivity contribution is 7.17. The van der Waals surface area contributed by atoms with E-state index in [-0.39, 0.29) is 5.91 Å². The molecule has 0 aliphatic carbocycles. The van der Waals surface area contributed by atoms with Gasteiger partial charge in [0.2, 0.25) is 0 Å². The lowest BCUT2D eigenvalue weighted by atomic mass is 10.1. The Hall–Kier alpha value is -3.62. The molecule has 4 aromatic heterocycles. The van der Waals surface area contributed by atoms with Gasteiger partial charge in [-0.05, 0) is 24.3 Å². The van der Waals surface area contributed by atoms with Crippen molar-refractivity contribution in [1.29, 1.82) is 0 Å². The van der Waals surface area contributed by atoms with Crippen molar-refractivity contribution in [2.24, 2.45) is 0 Å². The highest BCUT2D eigenvalue weighted by Crippen LogP contribution is 2.34. The van der Waals surface area contributed by atoms with E-state index < -0.39 is 0 Å². The minimum atomic E-state index is -0.185. The van der Waals surface area contributed by atoms with Crippen molar-refractivity contribution in [3.63, 3.8) is 0 Å². The summed E-state index contributed by atoms with van der Waals surface area (Å²) in [6.45, 7) is 0.344. The quantitative estimate of drug-likeness (QED) is 0.373. The molecule has 8 heteroatoms. The van der Waals surface area contributed by atoms with Gasteiger partial charge >= 0.3 is 0 Å². The molecule has 5 rings (SSSR count). The third-order valence-electron chi connectivity index (χ3n) is 4.54. The molecular formula is C23H16N4O2S2. The van der Waals surface area contributed by atoms with E-state index >= 15 is 0 Å². The van der Waals surface area contributed by atoms with E-state index in [2.05, 4.69) is 20.3 Å².